The van der Waals surface area contributed by atoms with Crippen molar-refractivity contribution >= 4 is 0 Å². The summed E-state index contributed by atoms with van der Waals surface area (Å²) in [5.74, 6) is 0. The molecular weight excluding hydrogens is 504 g/mol. The quantitative estimate of drug-likeness (QED) is 0.196. The van der Waals surface area contributed by atoms with Crippen LogP contribution in [0, 0.1) is 41.5 Å². The first kappa shape index (κ1) is 48.6. The fourth-order valence-corrected chi connectivity index (χ4v) is 2.34. The van der Waals surface area contributed by atoms with E-state index in [4.69, 9.17) is 0 Å². The van der Waals surface area contributed by atoms with Gasteiger partial charge in [0.25, 0.3) is 0 Å². The maximum absolute atomic E-state index is 2.12. The summed E-state index contributed by atoms with van der Waals surface area (Å²) in [4.78, 5) is 0. The molecule has 4 aromatic rings. The SMILES string of the molecule is CC.CC.CC.CCC.CCC.Cc1ccc(C)cc1.Cc1ccc(C)cc1.Cc1ccccc1.Cc1ccccc1. The van der Waals surface area contributed by atoms with Crippen molar-refractivity contribution in [1.82, 2.24) is 0 Å². The second kappa shape index (κ2) is 42.3. The molecule has 0 saturated heterocycles. The second-order valence-corrected chi connectivity index (χ2v) is 9.03. The smallest absolute Gasteiger partial charge is 0.0398 e. The highest BCUT2D eigenvalue weighted by Gasteiger charge is 1.80. The Kier molecular flexibility index (Phi) is 49.0. The molecule has 42 heavy (non-hydrogen) atoms. The molecule has 0 aliphatic heterocycles. The lowest BCUT2D eigenvalue weighted by atomic mass is 10.2. The Labute approximate surface area is 265 Å². The Balaban J connectivity index is -0.000000129. The van der Waals surface area contributed by atoms with Crippen molar-refractivity contribution in [2.75, 3.05) is 0 Å². The van der Waals surface area contributed by atoms with E-state index in [0.717, 1.165) is 0 Å². The first-order valence-electron chi connectivity index (χ1n) is 16.3. The molecule has 4 aromatic carbocycles. The van der Waals surface area contributed by atoms with Gasteiger partial charge in [-0.25, -0.2) is 0 Å². The molecule has 0 N–H and O–H groups in total. The van der Waals surface area contributed by atoms with Crippen LogP contribution in [-0.4, -0.2) is 0 Å². The zero-order valence-corrected chi connectivity index (χ0v) is 30.8. The van der Waals surface area contributed by atoms with Crippen LogP contribution in [0.15, 0.2) is 109 Å². The van der Waals surface area contributed by atoms with E-state index < -0.39 is 0 Å². The largest absolute Gasteiger partial charge is 0.0683 e. The van der Waals surface area contributed by atoms with Crippen LogP contribution in [0.3, 0.4) is 0 Å². The molecule has 0 spiro atoms. The van der Waals surface area contributed by atoms with Crippen LogP contribution in [0.2, 0.25) is 0 Å². The van der Waals surface area contributed by atoms with Gasteiger partial charge in [-0.2, -0.15) is 0 Å². The maximum atomic E-state index is 2.12. The van der Waals surface area contributed by atoms with Crippen LogP contribution >= 0.6 is 0 Å². The third-order valence-electron chi connectivity index (χ3n) is 4.32. The van der Waals surface area contributed by atoms with Gasteiger partial charge in [-0.1, -0.05) is 225 Å². The van der Waals surface area contributed by atoms with Gasteiger partial charge in [-0.15, -0.1) is 0 Å². The van der Waals surface area contributed by atoms with E-state index >= 15 is 0 Å². The summed E-state index contributed by atoms with van der Waals surface area (Å²) >= 11 is 0. The lowest BCUT2D eigenvalue weighted by Crippen LogP contribution is -1.70. The third kappa shape index (κ3) is 43.9. The molecule has 0 radical (unpaired) electrons. The van der Waals surface area contributed by atoms with Gasteiger partial charge < -0.3 is 0 Å². The lowest BCUT2D eigenvalue weighted by molar-refractivity contribution is 1.09. The predicted molar refractivity (Wildman–Crippen MR) is 200 cm³/mol. The van der Waals surface area contributed by atoms with Gasteiger partial charge in [0.1, 0.15) is 0 Å². The molecular formula is C42H70. The van der Waals surface area contributed by atoms with Gasteiger partial charge in [-0.05, 0) is 41.5 Å². The van der Waals surface area contributed by atoms with Crippen molar-refractivity contribution in [1.29, 1.82) is 0 Å². The Morgan fingerprint density at radius 1 is 0.262 bits per heavy atom. The molecule has 0 heterocycles. The molecule has 0 bridgehead atoms. The van der Waals surface area contributed by atoms with Crippen LogP contribution in [0.4, 0.5) is 0 Å². The van der Waals surface area contributed by atoms with Gasteiger partial charge in [0.05, 0.1) is 0 Å². The van der Waals surface area contributed by atoms with Gasteiger partial charge in [-0.3, -0.25) is 0 Å². The molecule has 0 unspecified atom stereocenters. The third-order valence-corrected chi connectivity index (χ3v) is 4.32. The van der Waals surface area contributed by atoms with E-state index in [2.05, 4.69) is 142 Å². The molecule has 0 aromatic heterocycles. The Bertz CT molecular complexity index is 809. The van der Waals surface area contributed by atoms with Crippen LogP contribution in [0.25, 0.3) is 0 Å². The highest BCUT2D eigenvalue weighted by Crippen LogP contribution is 2.00. The van der Waals surface area contributed by atoms with Crippen molar-refractivity contribution in [2.45, 2.75) is 124 Å². The van der Waals surface area contributed by atoms with E-state index in [9.17, 15) is 0 Å². The summed E-state index contributed by atoms with van der Waals surface area (Å²) in [6.45, 7) is 33.1. The standard InChI is InChI=1S/2C8H10.2C7H8.2C3H8.3C2H6/c2*1-7-3-5-8(2)6-4-7;2*1-7-5-3-2-4-6-7;2*1-3-2;3*1-2/h2*3-6H,1-2H3;2*2-6H,1H3;2*3H2,1-2H3;3*1-2H3. The first-order valence-corrected chi connectivity index (χ1v) is 16.3. The van der Waals surface area contributed by atoms with Crippen LogP contribution in [-0.2, 0) is 0 Å². The van der Waals surface area contributed by atoms with E-state index in [0.29, 0.717) is 0 Å². The Morgan fingerprint density at radius 2 is 0.381 bits per heavy atom. The molecule has 0 nitrogen and oxygen atoms in total. The van der Waals surface area contributed by atoms with E-state index in [1.165, 1.54) is 46.2 Å². The average Bonchev–Trinajstić information content (AvgIpc) is 3.02. The molecule has 4 rings (SSSR count). The van der Waals surface area contributed by atoms with Crippen molar-refractivity contribution in [3.8, 4) is 0 Å². The molecule has 0 saturated carbocycles. The number of hydrogen-bond donors (Lipinski definition) is 0. The van der Waals surface area contributed by atoms with Crippen molar-refractivity contribution < 1.29 is 0 Å². The topological polar surface area (TPSA) is 0 Å². The van der Waals surface area contributed by atoms with E-state index in [-0.39, 0.29) is 0 Å². The Morgan fingerprint density at radius 3 is 0.476 bits per heavy atom. The molecule has 0 atom stereocenters. The fraction of sp³-hybridized carbons (Fsp3) is 0.429. The zero-order valence-electron chi connectivity index (χ0n) is 30.8. The lowest BCUT2D eigenvalue weighted by Gasteiger charge is -1.90. The summed E-state index contributed by atoms with van der Waals surface area (Å²) < 4.78 is 0. The zero-order chi connectivity index (χ0) is 33.6. The summed E-state index contributed by atoms with van der Waals surface area (Å²) in [5, 5.41) is 0. The normalized spacial score (nSPS) is 7.71. The van der Waals surface area contributed by atoms with E-state index in [1.807, 2.05) is 77.9 Å². The summed E-state index contributed by atoms with van der Waals surface area (Å²) in [7, 11) is 0. The fourth-order valence-electron chi connectivity index (χ4n) is 2.34. The second-order valence-electron chi connectivity index (χ2n) is 9.03. The van der Waals surface area contributed by atoms with Gasteiger partial charge >= 0.3 is 0 Å². The predicted octanol–water partition coefficient (Wildman–Crippen LogP) is 14.5. The number of benzene rings is 4. The highest BCUT2D eigenvalue weighted by atomic mass is 13.9. The van der Waals surface area contributed by atoms with Crippen LogP contribution in [0.5, 0.6) is 0 Å². The van der Waals surface area contributed by atoms with Crippen molar-refractivity contribution in [3.05, 3.63) is 143 Å². The summed E-state index contributed by atoms with van der Waals surface area (Å²) in [5.41, 5.74) is 7.96. The average molecular weight is 575 g/mol. The maximum Gasteiger partial charge on any atom is -0.0398 e. The monoisotopic (exact) mass is 575 g/mol. The number of hydrogen-bond acceptors (Lipinski definition) is 0. The van der Waals surface area contributed by atoms with Gasteiger partial charge in [0.15, 0.2) is 0 Å². The molecule has 0 aliphatic carbocycles. The molecule has 238 valence electrons. The minimum absolute atomic E-state index is 1.25. The van der Waals surface area contributed by atoms with E-state index in [1.54, 1.807) is 0 Å². The van der Waals surface area contributed by atoms with Crippen LogP contribution in [0.1, 0.15) is 115 Å². The van der Waals surface area contributed by atoms with Gasteiger partial charge in [0, 0.05) is 0 Å². The first-order chi connectivity index (χ1) is 20.2. The van der Waals surface area contributed by atoms with Crippen molar-refractivity contribution in [2.24, 2.45) is 0 Å². The minimum Gasteiger partial charge on any atom is -0.0683 e. The molecule has 0 fully saturated rings. The number of aryl methyl sites for hydroxylation is 6. The highest BCUT2D eigenvalue weighted by molar-refractivity contribution is 5.20. The van der Waals surface area contributed by atoms with Crippen LogP contribution < -0.4 is 0 Å². The van der Waals surface area contributed by atoms with Crippen molar-refractivity contribution in [3.63, 3.8) is 0 Å². The summed E-state index contributed by atoms with van der Waals surface area (Å²) in [6.07, 6.45) is 2.50. The molecule has 0 heteroatoms. The Hall–Kier alpha value is -3.12. The van der Waals surface area contributed by atoms with Gasteiger partial charge in [0.2, 0.25) is 0 Å². The molecule has 0 amide bonds. The minimum atomic E-state index is 1.25. The number of rotatable bonds is 0. The summed E-state index contributed by atoms with van der Waals surface area (Å²) in [6, 6.07) is 37.5. The molecule has 0 aliphatic rings.